The third-order valence-corrected chi connectivity index (χ3v) is 6.30. The van der Waals surface area contributed by atoms with Crippen molar-refractivity contribution in [1.29, 1.82) is 0 Å². The number of rotatable bonds is 3. The van der Waals surface area contributed by atoms with Gasteiger partial charge in [0.15, 0.2) is 0 Å². The van der Waals surface area contributed by atoms with Crippen molar-refractivity contribution < 1.29 is 9.59 Å². The van der Waals surface area contributed by atoms with Gasteiger partial charge >= 0.3 is 6.03 Å². The maximum Gasteiger partial charge on any atom is 0.317 e. The molecule has 1 aliphatic carbocycles. The van der Waals surface area contributed by atoms with Gasteiger partial charge in [-0.15, -0.1) is 0 Å². The lowest BCUT2D eigenvalue weighted by atomic mass is 10.0. The van der Waals surface area contributed by atoms with Gasteiger partial charge in [-0.1, -0.05) is 12.8 Å². The molecule has 4 rings (SSSR count). The van der Waals surface area contributed by atoms with Gasteiger partial charge in [-0.05, 0) is 44.4 Å². The van der Waals surface area contributed by atoms with Crippen molar-refractivity contribution in [1.82, 2.24) is 25.0 Å². The highest BCUT2D eigenvalue weighted by molar-refractivity contribution is 5.92. The third-order valence-electron chi connectivity index (χ3n) is 6.30. The van der Waals surface area contributed by atoms with Gasteiger partial charge in [-0.2, -0.15) is 0 Å². The third kappa shape index (κ3) is 4.29. The number of aromatic amines is 1. The molecule has 3 heterocycles. The Kier molecular flexibility index (Phi) is 5.66. The van der Waals surface area contributed by atoms with Crippen molar-refractivity contribution in [3.05, 3.63) is 24.0 Å². The van der Waals surface area contributed by atoms with Crippen LogP contribution in [0.25, 0.3) is 0 Å². The average Bonchev–Trinajstić information content (AvgIpc) is 3.42. The van der Waals surface area contributed by atoms with Crippen LogP contribution in [-0.4, -0.2) is 83.0 Å². The number of piperidine rings is 1. The number of hydrogen-bond donors (Lipinski definition) is 2. The number of H-pyrrole nitrogens is 1. The van der Waals surface area contributed by atoms with Crippen molar-refractivity contribution in [2.75, 3.05) is 39.3 Å². The summed E-state index contributed by atoms with van der Waals surface area (Å²) in [5.41, 5.74) is 0.613. The molecule has 3 aliphatic rings. The Hall–Kier alpha value is -2.02. The molecule has 7 heteroatoms. The van der Waals surface area contributed by atoms with Crippen molar-refractivity contribution >= 4 is 11.9 Å². The summed E-state index contributed by atoms with van der Waals surface area (Å²) in [5, 5.41) is 3.25. The van der Waals surface area contributed by atoms with E-state index >= 15 is 0 Å². The quantitative estimate of drug-likeness (QED) is 0.850. The van der Waals surface area contributed by atoms with Crippen molar-refractivity contribution in [2.45, 2.75) is 50.6 Å². The number of nitrogens with one attached hydrogen (secondary N) is 2. The molecule has 3 amide bonds. The second-order valence-corrected chi connectivity index (χ2v) is 8.08. The van der Waals surface area contributed by atoms with Crippen molar-refractivity contribution in [3.63, 3.8) is 0 Å². The molecule has 0 spiro atoms. The van der Waals surface area contributed by atoms with Crippen LogP contribution in [0.3, 0.4) is 0 Å². The van der Waals surface area contributed by atoms with Crippen LogP contribution < -0.4 is 5.32 Å². The highest BCUT2D eigenvalue weighted by Gasteiger charge is 2.30. The predicted molar refractivity (Wildman–Crippen MR) is 104 cm³/mol. The van der Waals surface area contributed by atoms with E-state index in [9.17, 15) is 9.59 Å². The number of aromatic nitrogens is 1. The molecule has 0 radical (unpaired) electrons. The van der Waals surface area contributed by atoms with Gasteiger partial charge in [0.2, 0.25) is 0 Å². The van der Waals surface area contributed by atoms with Crippen molar-refractivity contribution in [2.24, 2.45) is 0 Å². The number of carbonyl (C=O) groups excluding carboxylic acids is 2. The summed E-state index contributed by atoms with van der Waals surface area (Å²) < 4.78 is 0. The molecule has 1 atom stereocenters. The normalized spacial score (nSPS) is 25.0. The van der Waals surface area contributed by atoms with Crippen LogP contribution >= 0.6 is 0 Å². The van der Waals surface area contributed by atoms with E-state index in [-0.39, 0.29) is 18.0 Å². The SMILES string of the molecule is O=C(N[C@H]1CCCN(C2CCCC2)C1)N1CCN(C(=O)c2ccc[nH]2)CC1. The summed E-state index contributed by atoms with van der Waals surface area (Å²) in [4.78, 5) is 34.3. The van der Waals surface area contributed by atoms with Crippen LogP contribution in [0.5, 0.6) is 0 Å². The molecule has 2 aliphatic heterocycles. The molecule has 1 aromatic rings. The fraction of sp³-hybridized carbons (Fsp3) is 0.700. The Balaban J connectivity index is 1.24. The fourth-order valence-electron chi connectivity index (χ4n) is 4.74. The average molecular weight is 374 g/mol. The van der Waals surface area contributed by atoms with Crippen LogP contribution in [0.1, 0.15) is 49.0 Å². The van der Waals surface area contributed by atoms with Gasteiger partial charge in [0.1, 0.15) is 5.69 Å². The molecular formula is C20H31N5O2. The summed E-state index contributed by atoms with van der Waals surface area (Å²) >= 11 is 0. The van der Waals surface area contributed by atoms with Crippen LogP contribution in [0, 0.1) is 0 Å². The zero-order chi connectivity index (χ0) is 18.6. The summed E-state index contributed by atoms with van der Waals surface area (Å²) in [6.07, 6.45) is 9.33. The minimum absolute atomic E-state index is 0.0135. The van der Waals surface area contributed by atoms with Crippen LogP contribution in [0.15, 0.2) is 18.3 Å². The lowest BCUT2D eigenvalue weighted by Crippen LogP contribution is -2.57. The van der Waals surface area contributed by atoms with E-state index < -0.39 is 0 Å². The maximum absolute atomic E-state index is 12.7. The Morgan fingerprint density at radius 1 is 0.963 bits per heavy atom. The van der Waals surface area contributed by atoms with Crippen molar-refractivity contribution in [3.8, 4) is 0 Å². The molecule has 27 heavy (non-hydrogen) atoms. The van der Waals surface area contributed by atoms with E-state index in [2.05, 4.69) is 15.2 Å². The molecule has 1 aromatic heterocycles. The number of hydrogen-bond acceptors (Lipinski definition) is 3. The summed E-state index contributed by atoms with van der Waals surface area (Å²) in [6, 6.07) is 4.63. The minimum Gasteiger partial charge on any atom is -0.357 e. The first-order valence-electron chi connectivity index (χ1n) is 10.4. The van der Waals surface area contributed by atoms with Gasteiger partial charge < -0.3 is 20.1 Å². The van der Waals surface area contributed by atoms with E-state index in [0.717, 1.165) is 19.0 Å². The van der Waals surface area contributed by atoms with Crippen LogP contribution in [0.2, 0.25) is 0 Å². The number of nitrogens with zero attached hydrogens (tertiary/aromatic N) is 3. The first kappa shape index (κ1) is 18.3. The number of piperazine rings is 1. The molecule has 2 N–H and O–H groups in total. The zero-order valence-electron chi connectivity index (χ0n) is 16.0. The Labute approximate surface area is 161 Å². The highest BCUT2D eigenvalue weighted by Crippen LogP contribution is 2.26. The molecule has 7 nitrogen and oxygen atoms in total. The number of carbonyl (C=O) groups is 2. The standard InChI is InChI=1S/C20H31N5O2/c26-19(18-8-3-9-21-18)23-11-13-24(14-12-23)20(27)22-16-5-4-10-25(15-16)17-6-1-2-7-17/h3,8-9,16-17,21H,1-2,4-7,10-15H2,(H,22,27)/t16-/m0/s1. The summed E-state index contributed by atoms with van der Waals surface area (Å²) in [6.45, 7) is 4.53. The molecule has 0 unspecified atom stereocenters. The minimum atomic E-state index is 0.0135. The zero-order valence-corrected chi connectivity index (χ0v) is 16.0. The van der Waals surface area contributed by atoms with Crippen LogP contribution in [0.4, 0.5) is 4.79 Å². The molecule has 0 aromatic carbocycles. The summed E-state index contributed by atoms with van der Waals surface area (Å²) in [7, 11) is 0. The van der Waals surface area contributed by atoms with E-state index in [1.807, 2.05) is 15.9 Å². The summed E-state index contributed by atoms with van der Waals surface area (Å²) in [5.74, 6) is 0.0135. The molecule has 0 bridgehead atoms. The molecule has 3 fully saturated rings. The van der Waals surface area contributed by atoms with Crippen LogP contribution in [-0.2, 0) is 0 Å². The molecular weight excluding hydrogens is 342 g/mol. The second kappa shape index (κ2) is 8.33. The topological polar surface area (TPSA) is 71.7 Å². The van der Waals surface area contributed by atoms with Gasteiger partial charge in [0.25, 0.3) is 5.91 Å². The predicted octanol–water partition coefficient (Wildman–Crippen LogP) is 1.89. The maximum atomic E-state index is 12.7. The van der Waals surface area contributed by atoms with E-state index in [4.69, 9.17) is 0 Å². The Morgan fingerprint density at radius 2 is 1.70 bits per heavy atom. The Morgan fingerprint density at radius 3 is 2.41 bits per heavy atom. The molecule has 148 valence electrons. The van der Waals surface area contributed by atoms with E-state index in [1.165, 1.54) is 38.6 Å². The van der Waals surface area contributed by atoms with Gasteiger partial charge in [-0.25, -0.2) is 4.79 Å². The Bertz CT molecular complexity index is 633. The highest BCUT2D eigenvalue weighted by atomic mass is 16.2. The largest absolute Gasteiger partial charge is 0.357 e. The first-order valence-corrected chi connectivity index (χ1v) is 10.4. The second-order valence-electron chi connectivity index (χ2n) is 8.08. The number of amides is 3. The lowest BCUT2D eigenvalue weighted by Gasteiger charge is -2.39. The first-order chi connectivity index (χ1) is 13.2. The lowest BCUT2D eigenvalue weighted by molar-refractivity contribution is 0.0653. The monoisotopic (exact) mass is 373 g/mol. The molecule has 1 saturated carbocycles. The fourth-order valence-corrected chi connectivity index (χ4v) is 4.74. The van der Waals surface area contributed by atoms with E-state index in [1.54, 1.807) is 12.3 Å². The van der Waals surface area contributed by atoms with Gasteiger partial charge in [0.05, 0.1) is 0 Å². The van der Waals surface area contributed by atoms with E-state index in [0.29, 0.717) is 31.9 Å². The number of likely N-dealkylation sites (tertiary alicyclic amines) is 1. The van der Waals surface area contributed by atoms with Gasteiger partial charge in [0, 0.05) is 51.0 Å². The van der Waals surface area contributed by atoms with Gasteiger partial charge in [-0.3, -0.25) is 9.69 Å². The number of urea groups is 1. The smallest absolute Gasteiger partial charge is 0.317 e. The molecule has 2 saturated heterocycles.